The van der Waals surface area contributed by atoms with Crippen LogP contribution >= 0.6 is 23.2 Å². The first kappa shape index (κ1) is 13.3. The molecule has 0 spiro atoms. The first-order valence-electron chi connectivity index (χ1n) is 4.28. The molecule has 0 saturated heterocycles. The second-order valence-electron chi connectivity index (χ2n) is 3.21. The van der Waals surface area contributed by atoms with Crippen LogP contribution in [0.25, 0.3) is 0 Å². The molecule has 0 bridgehead atoms. The Morgan fingerprint density at radius 3 is 2.31 bits per heavy atom. The van der Waals surface area contributed by atoms with Gasteiger partial charge in [0.2, 0.25) is 0 Å². The van der Waals surface area contributed by atoms with E-state index in [0.717, 1.165) is 18.2 Å². The van der Waals surface area contributed by atoms with E-state index in [4.69, 9.17) is 23.2 Å². The van der Waals surface area contributed by atoms with E-state index >= 15 is 0 Å². The molecule has 0 aliphatic heterocycles. The van der Waals surface area contributed by atoms with E-state index in [0.29, 0.717) is 0 Å². The lowest BCUT2D eigenvalue weighted by atomic mass is 10.1. The van der Waals surface area contributed by atoms with Gasteiger partial charge in [0, 0.05) is 10.6 Å². The van der Waals surface area contributed by atoms with Gasteiger partial charge in [-0.1, -0.05) is 11.6 Å². The topological polar surface area (TPSA) is 17.1 Å². The summed E-state index contributed by atoms with van der Waals surface area (Å²) in [6.07, 6.45) is -4.53. The van der Waals surface area contributed by atoms with Crippen LogP contribution in [0.4, 0.5) is 13.2 Å². The molecule has 1 aromatic carbocycles. The normalized spacial score (nSPS) is 13.6. The number of ketones is 1. The van der Waals surface area contributed by atoms with E-state index in [1.807, 2.05) is 0 Å². The molecule has 88 valence electrons. The Hall–Kier alpha value is -0.740. The van der Waals surface area contributed by atoms with Crippen molar-refractivity contribution in [1.82, 2.24) is 0 Å². The van der Waals surface area contributed by atoms with Crippen molar-refractivity contribution in [2.24, 2.45) is 0 Å². The number of halogens is 5. The number of carbonyl (C=O) groups excluding carboxylic acids is 1. The average molecular weight is 271 g/mol. The van der Waals surface area contributed by atoms with E-state index in [2.05, 4.69) is 0 Å². The van der Waals surface area contributed by atoms with Crippen LogP contribution in [0.5, 0.6) is 0 Å². The fourth-order valence-corrected chi connectivity index (χ4v) is 1.49. The Bertz CT molecular complexity index is 413. The molecule has 0 saturated carbocycles. The van der Waals surface area contributed by atoms with Crippen LogP contribution in [0.2, 0.25) is 5.02 Å². The smallest absolute Gasteiger partial charge is 0.293 e. The maximum absolute atomic E-state index is 12.4. The predicted octanol–water partition coefficient (Wildman–Crippen LogP) is 4.17. The SMILES string of the molecule is CC(Cl)C(=O)c1cc(Cl)cc(C(F)(F)F)c1. The van der Waals surface area contributed by atoms with Gasteiger partial charge in [-0.25, -0.2) is 0 Å². The minimum absolute atomic E-state index is 0.137. The molecule has 0 amide bonds. The molecular weight excluding hydrogens is 264 g/mol. The fraction of sp³-hybridized carbons (Fsp3) is 0.300. The Balaban J connectivity index is 3.24. The number of hydrogen-bond donors (Lipinski definition) is 0. The lowest BCUT2D eigenvalue weighted by molar-refractivity contribution is -0.137. The molecule has 0 N–H and O–H groups in total. The molecule has 1 nitrogen and oxygen atoms in total. The Labute approximate surface area is 100 Å². The highest BCUT2D eigenvalue weighted by Gasteiger charge is 2.31. The summed E-state index contributed by atoms with van der Waals surface area (Å²) in [6.45, 7) is 1.39. The number of alkyl halides is 4. The molecule has 0 fully saturated rings. The van der Waals surface area contributed by atoms with Gasteiger partial charge in [-0.3, -0.25) is 4.79 Å². The molecule has 0 aliphatic carbocycles. The number of rotatable bonds is 2. The first-order chi connectivity index (χ1) is 7.21. The lowest BCUT2D eigenvalue weighted by Gasteiger charge is -2.10. The highest BCUT2D eigenvalue weighted by molar-refractivity contribution is 6.34. The molecule has 0 radical (unpaired) electrons. The molecule has 0 heterocycles. The van der Waals surface area contributed by atoms with Crippen molar-refractivity contribution in [3.05, 3.63) is 34.3 Å². The minimum Gasteiger partial charge on any atom is -0.293 e. The second kappa shape index (κ2) is 4.63. The van der Waals surface area contributed by atoms with Crippen molar-refractivity contribution >= 4 is 29.0 Å². The largest absolute Gasteiger partial charge is 0.416 e. The van der Waals surface area contributed by atoms with E-state index in [9.17, 15) is 18.0 Å². The molecular formula is C10H7Cl2F3O. The van der Waals surface area contributed by atoms with Gasteiger partial charge in [-0.15, -0.1) is 11.6 Å². The van der Waals surface area contributed by atoms with Crippen molar-refractivity contribution in [3.63, 3.8) is 0 Å². The van der Waals surface area contributed by atoms with Gasteiger partial charge in [0.25, 0.3) is 0 Å². The number of carbonyl (C=O) groups is 1. The van der Waals surface area contributed by atoms with E-state index in [1.165, 1.54) is 6.92 Å². The minimum atomic E-state index is -4.53. The number of Topliss-reactive ketones (excluding diaryl/α,β-unsaturated/α-hetero) is 1. The third-order valence-electron chi connectivity index (χ3n) is 1.87. The summed E-state index contributed by atoms with van der Waals surface area (Å²) >= 11 is 11.0. The summed E-state index contributed by atoms with van der Waals surface area (Å²) in [4.78, 5) is 11.4. The quantitative estimate of drug-likeness (QED) is 0.582. The molecule has 1 aromatic rings. The highest BCUT2D eigenvalue weighted by Crippen LogP contribution is 2.32. The monoisotopic (exact) mass is 270 g/mol. The zero-order valence-electron chi connectivity index (χ0n) is 8.11. The average Bonchev–Trinajstić information content (AvgIpc) is 2.14. The van der Waals surface area contributed by atoms with Crippen LogP contribution < -0.4 is 0 Å². The van der Waals surface area contributed by atoms with Gasteiger partial charge in [0.15, 0.2) is 5.78 Å². The maximum atomic E-state index is 12.4. The van der Waals surface area contributed by atoms with Gasteiger partial charge >= 0.3 is 6.18 Å². The molecule has 6 heteroatoms. The zero-order valence-corrected chi connectivity index (χ0v) is 9.62. The standard InChI is InChI=1S/C10H7Cl2F3O/c1-5(11)9(16)6-2-7(10(13,14)15)4-8(12)3-6/h2-5H,1H3. The molecule has 0 aliphatic rings. The van der Waals surface area contributed by atoms with Crippen LogP contribution in [0.15, 0.2) is 18.2 Å². The Kier molecular flexibility index (Phi) is 3.86. The van der Waals surface area contributed by atoms with Gasteiger partial charge in [-0.05, 0) is 25.1 Å². The molecule has 0 aromatic heterocycles. The van der Waals surface area contributed by atoms with Crippen molar-refractivity contribution in [3.8, 4) is 0 Å². The molecule has 16 heavy (non-hydrogen) atoms. The molecule has 1 unspecified atom stereocenters. The third kappa shape index (κ3) is 3.12. The Morgan fingerprint density at radius 2 is 1.88 bits per heavy atom. The third-order valence-corrected chi connectivity index (χ3v) is 2.29. The number of hydrogen-bond acceptors (Lipinski definition) is 1. The van der Waals surface area contributed by atoms with E-state index < -0.39 is 22.9 Å². The van der Waals surface area contributed by atoms with Crippen LogP contribution in [0, 0.1) is 0 Å². The summed E-state index contributed by atoms with van der Waals surface area (Å²) < 4.78 is 37.2. The maximum Gasteiger partial charge on any atom is 0.416 e. The molecule has 1 atom stereocenters. The van der Waals surface area contributed by atoms with Crippen LogP contribution in [0.1, 0.15) is 22.8 Å². The predicted molar refractivity (Wildman–Crippen MR) is 56.1 cm³/mol. The van der Waals surface area contributed by atoms with Gasteiger partial charge in [0.05, 0.1) is 10.9 Å². The summed E-state index contributed by atoms with van der Waals surface area (Å²) in [6, 6.07) is 2.67. The van der Waals surface area contributed by atoms with Crippen molar-refractivity contribution in [1.29, 1.82) is 0 Å². The first-order valence-corrected chi connectivity index (χ1v) is 5.09. The van der Waals surface area contributed by atoms with E-state index in [1.54, 1.807) is 0 Å². The second-order valence-corrected chi connectivity index (χ2v) is 4.30. The summed E-state index contributed by atoms with van der Waals surface area (Å²) in [7, 11) is 0. The lowest BCUT2D eigenvalue weighted by Crippen LogP contribution is -2.13. The summed E-state index contributed by atoms with van der Waals surface area (Å²) in [5.74, 6) is -0.588. The Morgan fingerprint density at radius 1 is 1.31 bits per heavy atom. The summed E-state index contributed by atoms with van der Waals surface area (Å²) in [5.41, 5.74) is -1.09. The highest BCUT2D eigenvalue weighted by atomic mass is 35.5. The van der Waals surface area contributed by atoms with E-state index in [-0.39, 0.29) is 10.6 Å². The van der Waals surface area contributed by atoms with Crippen molar-refractivity contribution < 1.29 is 18.0 Å². The fourth-order valence-electron chi connectivity index (χ4n) is 1.13. The van der Waals surface area contributed by atoms with Crippen molar-refractivity contribution in [2.75, 3.05) is 0 Å². The van der Waals surface area contributed by atoms with Gasteiger partial charge < -0.3 is 0 Å². The van der Waals surface area contributed by atoms with Crippen LogP contribution in [-0.4, -0.2) is 11.2 Å². The molecule has 1 rings (SSSR count). The van der Waals surface area contributed by atoms with Crippen molar-refractivity contribution in [2.45, 2.75) is 18.5 Å². The van der Waals surface area contributed by atoms with Crippen LogP contribution in [-0.2, 0) is 6.18 Å². The van der Waals surface area contributed by atoms with Gasteiger partial charge in [-0.2, -0.15) is 13.2 Å². The van der Waals surface area contributed by atoms with Crippen LogP contribution in [0.3, 0.4) is 0 Å². The zero-order chi connectivity index (χ0) is 12.5. The number of benzene rings is 1. The summed E-state index contributed by atoms with van der Waals surface area (Å²) in [5, 5.41) is -1.03. The van der Waals surface area contributed by atoms with Gasteiger partial charge in [0.1, 0.15) is 0 Å².